The maximum atomic E-state index is 12.0. The van der Waals surface area contributed by atoms with Crippen LogP contribution in [0.4, 0.5) is 0 Å². The van der Waals surface area contributed by atoms with Gasteiger partial charge in [-0.15, -0.1) is 0 Å². The highest BCUT2D eigenvalue weighted by Crippen LogP contribution is 2.10. The minimum Gasteiger partial charge on any atom is -0.289 e. The molecule has 0 atom stereocenters. The third kappa shape index (κ3) is 4.68. The summed E-state index contributed by atoms with van der Waals surface area (Å²) in [5.74, 6) is -0.187. The Morgan fingerprint density at radius 3 is 1.42 bits per heavy atom. The van der Waals surface area contributed by atoms with E-state index in [-0.39, 0.29) is 11.6 Å². The second-order valence-corrected chi connectivity index (χ2v) is 5.55. The van der Waals surface area contributed by atoms with Crippen LogP contribution in [-0.2, 0) is 0 Å². The number of allylic oxidation sites excluding steroid dienone is 2. The van der Waals surface area contributed by atoms with Gasteiger partial charge in [0.2, 0.25) is 0 Å². The quantitative estimate of drug-likeness (QED) is 0.497. The topological polar surface area (TPSA) is 59.9 Å². The number of pyridine rings is 2. The number of ketones is 2. The summed E-state index contributed by atoms with van der Waals surface area (Å²) in [4.78, 5) is 31.9. The lowest BCUT2D eigenvalue weighted by Crippen LogP contribution is -1.94. The Hall–Kier alpha value is -3.66. The lowest BCUT2D eigenvalue weighted by Gasteiger charge is -1.97. The zero-order valence-corrected chi connectivity index (χ0v) is 13.9. The number of benzene rings is 1. The van der Waals surface area contributed by atoms with Crippen molar-refractivity contribution in [3.8, 4) is 0 Å². The van der Waals surface area contributed by atoms with E-state index in [9.17, 15) is 9.59 Å². The van der Waals surface area contributed by atoms with Gasteiger partial charge in [0.25, 0.3) is 0 Å². The Labute approximate surface area is 151 Å². The third-order valence-corrected chi connectivity index (χ3v) is 3.68. The van der Waals surface area contributed by atoms with Crippen LogP contribution in [0.25, 0.3) is 12.2 Å². The van der Waals surface area contributed by atoms with E-state index in [1.807, 2.05) is 24.3 Å². The van der Waals surface area contributed by atoms with Crippen LogP contribution in [0.5, 0.6) is 0 Å². The Morgan fingerprint density at radius 2 is 1.08 bits per heavy atom. The molecule has 3 rings (SSSR count). The van der Waals surface area contributed by atoms with Crippen molar-refractivity contribution in [2.75, 3.05) is 0 Å². The number of carbonyl (C=O) groups is 2. The van der Waals surface area contributed by atoms with Crippen LogP contribution >= 0.6 is 0 Å². The molecule has 0 bridgehead atoms. The SMILES string of the molecule is O=C(C=Cc1ccc(C=CC(=O)c2cccnc2)cc1)c1cccnc1. The molecule has 0 radical (unpaired) electrons. The van der Waals surface area contributed by atoms with Crippen molar-refractivity contribution < 1.29 is 9.59 Å². The minimum atomic E-state index is -0.0934. The number of nitrogens with zero attached hydrogens (tertiary/aromatic N) is 2. The van der Waals surface area contributed by atoms with Gasteiger partial charge < -0.3 is 0 Å². The van der Waals surface area contributed by atoms with Crippen LogP contribution in [0.2, 0.25) is 0 Å². The second-order valence-electron chi connectivity index (χ2n) is 5.55. The molecule has 0 N–H and O–H groups in total. The number of aromatic nitrogens is 2. The first-order valence-corrected chi connectivity index (χ1v) is 8.07. The zero-order chi connectivity index (χ0) is 18.2. The van der Waals surface area contributed by atoms with Gasteiger partial charge in [-0.1, -0.05) is 36.4 Å². The van der Waals surface area contributed by atoms with Crippen molar-refractivity contribution in [3.05, 3.63) is 108 Å². The molecule has 0 fully saturated rings. The molecule has 0 saturated carbocycles. The second kappa shape index (κ2) is 8.44. The van der Waals surface area contributed by atoms with Crippen molar-refractivity contribution in [3.63, 3.8) is 0 Å². The highest BCUT2D eigenvalue weighted by Gasteiger charge is 2.01. The molecule has 26 heavy (non-hydrogen) atoms. The summed E-state index contributed by atoms with van der Waals surface area (Å²) in [5, 5.41) is 0. The van der Waals surface area contributed by atoms with Gasteiger partial charge in [0.05, 0.1) is 0 Å². The molecule has 0 aliphatic heterocycles. The number of hydrogen-bond acceptors (Lipinski definition) is 4. The van der Waals surface area contributed by atoms with E-state index in [0.717, 1.165) is 11.1 Å². The summed E-state index contributed by atoms with van der Waals surface area (Å²) < 4.78 is 0. The summed E-state index contributed by atoms with van der Waals surface area (Å²) in [5.41, 5.74) is 2.91. The Morgan fingerprint density at radius 1 is 0.654 bits per heavy atom. The highest BCUT2D eigenvalue weighted by atomic mass is 16.1. The summed E-state index contributed by atoms with van der Waals surface area (Å²) in [6.07, 6.45) is 12.9. The maximum Gasteiger partial charge on any atom is 0.187 e. The maximum absolute atomic E-state index is 12.0. The fourth-order valence-corrected chi connectivity index (χ4v) is 2.27. The first-order chi connectivity index (χ1) is 12.7. The van der Waals surface area contributed by atoms with E-state index in [2.05, 4.69) is 9.97 Å². The molecular formula is C22H16N2O2. The zero-order valence-electron chi connectivity index (χ0n) is 13.9. The molecule has 4 nitrogen and oxygen atoms in total. The fraction of sp³-hybridized carbons (Fsp3) is 0. The van der Waals surface area contributed by atoms with Gasteiger partial charge in [0.15, 0.2) is 11.6 Å². The third-order valence-electron chi connectivity index (χ3n) is 3.68. The molecule has 0 saturated heterocycles. The lowest BCUT2D eigenvalue weighted by molar-refractivity contribution is 0.103. The van der Waals surface area contributed by atoms with Crippen molar-refractivity contribution in [1.29, 1.82) is 0 Å². The Balaban J connectivity index is 1.63. The molecule has 3 aromatic rings. The van der Waals surface area contributed by atoms with E-state index >= 15 is 0 Å². The molecular weight excluding hydrogens is 324 g/mol. The first kappa shape index (κ1) is 17.2. The van der Waals surface area contributed by atoms with E-state index in [0.29, 0.717) is 11.1 Å². The molecule has 4 heteroatoms. The number of rotatable bonds is 6. The minimum absolute atomic E-state index is 0.0934. The summed E-state index contributed by atoms with van der Waals surface area (Å²) >= 11 is 0. The van der Waals surface area contributed by atoms with E-state index in [4.69, 9.17) is 0 Å². The van der Waals surface area contributed by atoms with Gasteiger partial charge in [0.1, 0.15) is 0 Å². The van der Waals surface area contributed by atoms with Crippen LogP contribution in [0.15, 0.2) is 85.5 Å². The van der Waals surface area contributed by atoms with Crippen LogP contribution in [0.3, 0.4) is 0 Å². The standard InChI is InChI=1S/C22H16N2O2/c25-21(19-3-1-13-23-15-19)11-9-17-5-7-18(8-6-17)10-12-22(26)20-4-2-14-24-16-20/h1-16H. The average molecular weight is 340 g/mol. The largest absolute Gasteiger partial charge is 0.289 e. The molecule has 0 aliphatic rings. The lowest BCUT2D eigenvalue weighted by atomic mass is 10.1. The van der Waals surface area contributed by atoms with E-state index in [1.165, 1.54) is 12.2 Å². The van der Waals surface area contributed by atoms with Gasteiger partial charge in [-0.05, 0) is 47.5 Å². The first-order valence-electron chi connectivity index (χ1n) is 8.07. The van der Waals surface area contributed by atoms with Crippen LogP contribution in [-0.4, -0.2) is 21.5 Å². The van der Waals surface area contributed by atoms with Gasteiger partial charge in [-0.25, -0.2) is 0 Å². The molecule has 0 aliphatic carbocycles. The van der Waals surface area contributed by atoms with Crippen LogP contribution < -0.4 is 0 Å². The Kier molecular flexibility index (Phi) is 5.58. The average Bonchev–Trinajstić information content (AvgIpc) is 2.72. The summed E-state index contributed by atoms with van der Waals surface area (Å²) in [6.45, 7) is 0. The van der Waals surface area contributed by atoms with E-state index < -0.39 is 0 Å². The predicted molar refractivity (Wildman–Crippen MR) is 102 cm³/mol. The monoisotopic (exact) mass is 340 g/mol. The molecule has 0 amide bonds. The number of hydrogen-bond donors (Lipinski definition) is 0. The summed E-state index contributed by atoms with van der Waals surface area (Å²) in [7, 11) is 0. The number of carbonyl (C=O) groups excluding carboxylic acids is 2. The molecule has 2 aromatic heterocycles. The predicted octanol–water partition coefficient (Wildman–Crippen LogP) is 4.27. The fourth-order valence-electron chi connectivity index (χ4n) is 2.27. The molecule has 126 valence electrons. The van der Waals surface area contributed by atoms with Crippen molar-refractivity contribution in [2.45, 2.75) is 0 Å². The van der Waals surface area contributed by atoms with Gasteiger partial charge >= 0.3 is 0 Å². The normalized spacial score (nSPS) is 11.1. The van der Waals surface area contributed by atoms with Crippen LogP contribution in [0, 0.1) is 0 Å². The molecule has 0 unspecified atom stereocenters. The molecule has 0 spiro atoms. The summed E-state index contributed by atoms with van der Waals surface area (Å²) in [6, 6.07) is 14.5. The molecule has 1 aromatic carbocycles. The highest BCUT2D eigenvalue weighted by molar-refractivity contribution is 6.07. The van der Waals surface area contributed by atoms with Crippen molar-refractivity contribution >= 4 is 23.7 Å². The van der Waals surface area contributed by atoms with E-state index in [1.54, 1.807) is 61.2 Å². The van der Waals surface area contributed by atoms with Gasteiger partial charge in [-0.3, -0.25) is 19.6 Å². The smallest absolute Gasteiger partial charge is 0.187 e. The van der Waals surface area contributed by atoms with Gasteiger partial charge in [-0.2, -0.15) is 0 Å². The van der Waals surface area contributed by atoms with Crippen molar-refractivity contribution in [2.24, 2.45) is 0 Å². The molecule has 2 heterocycles. The van der Waals surface area contributed by atoms with Crippen molar-refractivity contribution in [1.82, 2.24) is 9.97 Å². The van der Waals surface area contributed by atoms with Crippen LogP contribution in [0.1, 0.15) is 31.8 Å². The van der Waals surface area contributed by atoms with Gasteiger partial charge in [0, 0.05) is 35.9 Å². The Bertz CT molecular complexity index is 864.